The Morgan fingerprint density at radius 3 is 1.60 bits per heavy atom. The lowest BCUT2D eigenvalue weighted by molar-refractivity contribution is 0.396. The minimum Gasteiger partial charge on any atom is -0.279 e. The average molecular weight is 692 g/mol. The second kappa shape index (κ2) is 15.8. The van der Waals surface area contributed by atoms with E-state index in [4.69, 9.17) is 38.2 Å². The van der Waals surface area contributed by atoms with Gasteiger partial charge >= 0.3 is 0 Å². The summed E-state index contributed by atoms with van der Waals surface area (Å²) < 4.78 is 2.14. The third-order valence-corrected chi connectivity index (χ3v) is 8.73. The van der Waals surface area contributed by atoms with Crippen LogP contribution < -0.4 is 0 Å². The number of aromatic nitrogens is 2. The minimum atomic E-state index is -1.27. The fourth-order valence-electron chi connectivity index (χ4n) is 6.02. The van der Waals surface area contributed by atoms with Crippen LogP contribution >= 0.6 is 23.2 Å². The quantitative estimate of drug-likeness (QED) is 0.147. The van der Waals surface area contributed by atoms with Crippen molar-refractivity contribution in [1.82, 2.24) is 9.55 Å². The number of halogens is 2. The Labute approximate surface area is 304 Å². The van der Waals surface area contributed by atoms with Crippen molar-refractivity contribution in [2.45, 2.75) is 19.6 Å². The molecule has 0 radical (unpaired) electrons. The maximum absolute atomic E-state index is 7.04. The number of hydrogen-bond acceptors (Lipinski definition) is 3. The number of imidazole rings is 1. The van der Waals surface area contributed by atoms with Gasteiger partial charge in [0.05, 0.1) is 27.8 Å². The van der Waals surface area contributed by atoms with E-state index >= 15 is 0 Å². The average Bonchev–Trinajstić information content (AvgIpc) is 3.73. The van der Waals surface area contributed by atoms with Crippen LogP contribution in [0.2, 0.25) is 10.0 Å². The van der Waals surface area contributed by atoms with Crippen molar-refractivity contribution < 1.29 is 0 Å². The van der Waals surface area contributed by atoms with Gasteiger partial charge in [0, 0.05) is 32.8 Å². The van der Waals surface area contributed by atoms with Crippen molar-refractivity contribution in [1.29, 1.82) is 0 Å². The van der Waals surface area contributed by atoms with Crippen LogP contribution in [-0.2, 0) is 5.79 Å². The molecule has 1 aliphatic heterocycles. The Bertz CT molecular complexity index is 2140. The Kier molecular flexibility index (Phi) is 10.8. The maximum atomic E-state index is 7.04. The van der Waals surface area contributed by atoms with E-state index in [-0.39, 0.29) is 0 Å². The minimum absolute atomic E-state index is 0.570. The van der Waals surface area contributed by atoms with E-state index in [1.165, 1.54) is 0 Å². The van der Waals surface area contributed by atoms with Crippen molar-refractivity contribution in [3.05, 3.63) is 215 Å². The maximum Gasteiger partial charge on any atom is 0.262 e. The van der Waals surface area contributed by atoms with Crippen LogP contribution in [0.5, 0.6) is 0 Å². The molecule has 50 heavy (non-hydrogen) atoms. The van der Waals surface area contributed by atoms with Crippen molar-refractivity contribution >= 4 is 40.2 Å². The van der Waals surface area contributed by atoms with E-state index in [0.29, 0.717) is 5.02 Å². The van der Waals surface area contributed by atoms with Crippen molar-refractivity contribution in [3.8, 4) is 11.3 Å². The first-order valence-electron chi connectivity index (χ1n) is 16.3. The molecule has 0 spiro atoms. The molecule has 0 fully saturated rings. The lowest BCUT2D eigenvalue weighted by Gasteiger charge is -2.30. The molecule has 0 saturated heterocycles. The van der Waals surface area contributed by atoms with Gasteiger partial charge in [-0.05, 0) is 32.0 Å². The molecule has 4 nitrogen and oxygen atoms in total. The summed E-state index contributed by atoms with van der Waals surface area (Å²) in [6.45, 7) is 7.97. The molecular weight excluding hydrogens is 655 g/mol. The first-order valence-corrected chi connectivity index (χ1v) is 17.1. The summed E-state index contributed by atoms with van der Waals surface area (Å²) in [4.78, 5) is 16.3. The second-order valence-corrected chi connectivity index (χ2v) is 12.3. The van der Waals surface area contributed by atoms with Crippen LogP contribution in [0.25, 0.3) is 16.8 Å². The van der Waals surface area contributed by atoms with Crippen LogP contribution in [0, 0.1) is 6.92 Å². The monoisotopic (exact) mass is 690 g/mol. The first kappa shape index (κ1) is 34.3. The van der Waals surface area contributed by atoms with Crippen LogP contribution in [0.4, 0.5) is 0 Å². The SMILES string of the molecule is C=C/C=C(\C=C/C)c1nc(C)n(C2(c3ccccc3Cl)N=C(c3ccccc3)C(c3ccccc3)=N2)c1-c1ccccc1.Clc1ccccc1. The number of rotatable bonds is 8. The molecule has 1 aliphatic rings. The van der Waals surface area contributed by atoms with Gasteiger partial charge in [-0.2, -0.15) is 0 Å². The van der Waals surface area contributed by atoms with E-state index < -0.39 is 5.79 Å². The predicted octanol–water partition coefficient (Wildman–Crippen LogP) is 11.6. The lowest BCUT2D eigenvalue weighted by Crippen LogP contribution is -2.32. The molecule has 6 heteroatoms. The van der Waals surface area contributed by atoms with Gasteiger partial charge in [0.2, 0.25) is 0 Å². The molecule has 5 aromatic carbocycles. The van der Waals surface area contributed by atoms with E-state index in [9.17, 15) is 0 Å². The summed E-state index contributed by atoms with van der Waals surface area (Å²) in [5, 5.41) is 1.36. The van der Waals surface area contributed by atoms with Crippen molar-refractivity contribution in [2.24, 2.45) is 9.98 Å². The smallest absolute Gasteiger partial charge is 0.262 e. The summed E-state index contributed by atoms with van der Waals surface area (Å²) in [6, 6.07) is 47.9. The van der Waals surface area contributed by atoms with Gasteiger partial charge in [-0.3, -0.25) is 4.57 Å². The van der Waals surface area contributed by atoms with E-state index in [1.54, 1.807) is 6.08 Å². The highest BCUT2D eigenvalue weighted by molar-refractivity contribution is 6.54. The van der Waals surface area contributed by atoms with E-state index in [0.717, 1.165) is 61.5 Å². The molecule has 0 aliphatic carbocycles. The normalized spacial score (nSPS) is 13.7. The topological polar surface area (TPSA) is 42.5 Å². The highest BCUT2D eigenvalue weighted by atomic mass is 35.5. The van der Waals surface area contributed by atoms with Crippen LogP contribution in [0.1, 0.15) is 35.1 Å². The van der Waals surface area contributed by atoms with Crippen molar-refractivity contribution in [3.63, 3.8) is 0 Å². The highest BCUT2D eigenvalue weighted by Crippen LogP contribution is 2.45. The van der Waals surface area contributed by atoms with Crippen LogP contribution in [0.3, 0.4) is 0 Å². The summed E-state index contributed by atoms with van der Waals surface area (Å²) in [5.41, 5.74) is 7.91. The first-order chi connectivity index (χ1) is 24.5. The molecule has 0 unspecified atom stereocenters. The molecule has 246 valence electrons. The molecule has 0 N–H and O–H groups in total. The van der Waals surface area contributed by atoms with E-state index in [1.807, 2.05) is 141 Å². The predicted molar refractivity (Wildman–Crippen MR) is 211 cm³/mol. The third-order valence-electron chi connectivity index (χ3n) is 8.14. The molecule has 0 amide bonds. The number of aliphatic imine (C=N–C) groups is 2. The zero-order valence-electron chi connectivity index (χ0n) is 27.9. The van der Waals surface area contributed by atoms with Gasteiger partial charge < -0.3 is 0 Å². The molecule has 0 bridgehead atoms. The van der Waals surface area contributed by atoms with E-state index in [2.05, 4.69) is 47.5 Å². The number of nitrogens with zero attached hydrogens (tertiary/aromatic N) is 4. The number of benzene rings is 5. The summed E-state index contributed by atoms with van der Waals surface area (Å²) in [6.07, 6.45) is 7.82. The molecular formula is C44H36Cl2N4. The summed E-state index contributed by atoms with van der Waals surface area (Å²) >= 11 is 12.6. The Balaban J connectivity index is 0.000000552. The summed E-state index contributed by atoms with van der Waals surface area (Å²) in [5.74, 6) is -0.521. The molecule has 2 heterocycles. The molecule has 0 saturated carbocycles. The number of allylic oxidation sites excluding steroid dienone is 5. The van der Waals surface area contributed by atoms with Crippen molar-refractivity contribution in [2.75, 3.05) is 0 Å². The van der Waals surface area contributed by atoms with Gasteiger partial charge in [0.15, 0.2) is 0 Å². The fraction of sp³-hybridized carbons (Fsp3) is 0.0682. The van der Waals surface area contributed by atoms with Gasteiger partial charge in [-0.1, -0.05) is 181 Å². The number of hydrogen-bond donors (Lipinski definition) is 0. The standard InChI is InChI=1S/C38H31ClN4.C6H5Cl/c1-4-17-28(18-5-2)36-37(31-23-13-8-14-24-31)43(27(3)40-36)38(32-25-15-16-26-33(32)39)41-34(29-19-9-6-10-20-29)35(42-38)30-21-11-7-12-22-30;7-6-4-2-1-3-5-6/h4-26H,1H2,2-3H3;1-5H/b18-5-,28-17+;. The molecule has 6 aromatic rings. The van der Waals surface area contributed by atoms with Gasteiger partial charge in [0.1, 0.15) is 5.82 Å². The molecule has 7 rings (SSSR count). The van der Waals surface area contributed by atoms with Gasteiger partial charge in [-0.25, -0.2) is 15.0 Å². The lowest BCUT2D eigenvalue weighted by atomic mass is 10.0. The largest absolute Gasteiger partial charge is 0.279 e. The number of aryl methyl sites for hydroxylation is 1. The fourth-order valence-corrected chi connectivity index (χ4v) is 6.43. The van der Waals surface area contributed by atoms with Gasteiger partial charge in [-0.15, -0.1) is 0 Å². The Morgan fingerprint density at radius 1 is 0.660 bits per heavy atom. The summed E-state index contributed by atoms with van der Waals surface area (Å²) in [7, 11) is 0. The van der Waals surface area contributed by atoms with Gasteiger partial charge in [0.25, 0.3) is 5.79 Å². The third kappa shape index (κ3) is 7.09. The Hall–Kier alpha value is -5.55. The Morgan fingerprint density at radius 2 is 1.14 bits per heavy atom. The molecule has 0 atom stereocenters. The highest BCUT2D eigenvalue weighted by Gasteiger charge is 2.45. The molecule has 1 aromatic heterocycles. The zero-order chi connectivity index (χ0) is 34.9. The zero-order valence-corrected chi connectivity index (χ0v) is 29.4. The van der Waals surface area contributed by atoms with Crippen LogP contribution in [-0.4, -0.2) is 21.0 Å². The van der Waals surface area contributed by atoms with Crippen LogP contribution in [0.15, 0.2) is 186 Å². The second-order valence-electron chi connectivity index (χ2n) is 11.5.